The summed E-state index contributed by atoms with van der Waals surface area (Å²) in [6.07, 6.45) is 1.51. The number of methoxy groups -OCH3 is 1. The summed E-state index contributed by atoms with van der Waals surface area (Å²) in [6, 6.07) is 21.5. The molecule has 2 unspecified atom stereocenters. The Morgan fingerprint density at radius 2 is 1.83 bits per heavy atom. The lowest BCUT2D eigenvalue weighted by Crippen LogP contribution is -2.44. The summed E-state index contributed by atoms with van der Waals surface area (Å²) in [4.78, 5) is 42.9. The summed E-state index contributed by atoms with van der Waals surface area (Å²) in [5.74, 6) is 0.422. The van der Waals surface area contributed by atoms with Gasteiger partial charge in [0.25, 0.3) is 11.8 Å². The van der Waals surface area contributed by atoms with E-state index in [0.717, 1.165) is 23.3 Å². The molecule has 7 nitrogen and oxygen atoms in total. The lowest BCUT2D eigenvalue weighted by Gasteiger charge is -2.26. The maximum absolute atomic E-state index is 13.5. The molecule has 0 aliphatic carbocycles. The van der Waals surface area contributed by atoms with Crippen molar-refractivity contribution in [3.63, 3.8) is 0 Å². The van der Waals surface area contributed by atoms with Crippen molar-refractivity contribution < 1.29 is 19.1 Å². The van der Waals surface area contributed by atoms with Gasteiger partial charge in [0.05, 0.1) is 30.9 Å². The molecule has 7 heteroatoms. The molecule has 0 saturated carbocycles. The van der Waals surface area contributed by atoms with Crippen molar-refractivity contribution in [2.24, 2.45) is 0 Å². The molecule has 1 saturated heterocycles. The minimum absolute atomic E-state index is 0.0558. The van der Waals surface area contributed by atoms with Crippen LogP contribution in [0.15, 0.2) is 72.8 Å². The van der Waals surface area contributed by atoms with Gasteiger partial charge < -0.3 is 19.9 Å². The van der Waals surface area contributed by atoms with Gasteiger partial charge in [-0.15, -0.1) is 0 Å². The van der Waals surface area contributed by atoms with Gasteiger partial charge in [0.15, 0.2) is 0 Å². The van der Waals surface area contributed by atoms with Crippen molar-refractivity contribution in [2.75, 3.05) is 18.6 Å². The van der Waals surface area contributed by atoms with E-state index < -0.39 is 6.04 Å². The zero-order chi connectivity index (χ0) is 25.2. The number of nitrogens with zero attached hydrogens (tertiary/aromatic N) is 2. The number of anilines is 1. The van der Waals surface area contributed by atoms with Crippen LogP contribution in [0.5, 0.6) is 5.75 Å². The van der Waals surface area contributed by atoms with Gasteiger partial charge in [0.2, 0.25) is 5.91 Å². The van der Waals surface area contributed by atoms with E-state index >= 15 is 0 Å². The molecule has 3 amide bonds. The number of hydrogen-bond donors (Lipinski definition) is 1. The monoisotopic (exact) mass is 483 g/mol. The fraction of sp³-hybridized carbons (Fsp3) is 0.276. The van der Waals surface area contributed by atoms with Crippen LogP contribution < -0.4 is 15.0 Å². The smallest absolute Gasteiger partial charge is 0.256 e. The van der Waals surface area contributed by atoms with Crippen LogP contribution in [0.4, 0.5) is 5.69 Å². The number of hydrogen-bond acceptors (Lipinski definition) is 4. The van der Waals surface area contributed by atoms with E-state index in [0.29, 0.717) is 36.3 Å². The van der Waals surface area contributed by atoms with E-state index in [-0.39, 0.29) is 23.8 Å². The molecular weight excluding hydrogens is 454 g/mol. The molecule has 0 bridgehead atoms. The number of carbonyl (C=O) groups excluding carboxylic acids is 3. The third-order valence-electron chi connectivity index (χ3n) is 6.99. The largest absolute Gasteiger partial charge is 0.497 e. The average Bonchev–Trinajstić information content (AvgIpc) is 3.39. The van der Waals surface area contributed by atoms with E-state index in [1.54, 1.807) is 35.1 Å². The molecule has 3 aromatic rings. The first-order valence-corrected chi connectivity index (χ1v) is 12.2. The number of fused-ring (bicyclic) bond motifs is 2. The highest BCUT2D eigenvalue weighted by atomic mass is 16.5. The first kappa shape index (κ1) is 23.6. The number of nitrogens with one attached hydrogen (secondary N) is 1. The van der Waals surface area contributed by atoms with Gasteiger partial charge in [-0.1, -0.05) is 36.4 Å². The van der Waals surface area contributed by atoms with Gasteiger partial charge in [-0.25, -0.2) is 0 Å². The molecule has 1 N–H and O–H groups in total. The Morgan fingerprint density at radius 3 is 2.61 bits per heavy atom. The highest BCUT2D eigenvalue weighted by molar-refractivity contribution is 6.11. The summed E-state index contributed by atoms with van der Waals surface area (Å²) < 4.78 is 5.27. The fourth-order valence-electron chi connectivity index (χ4n) is 4.99. The molecule has 2 aliphatic rings. The van der Waals surface area contributed by atoms with Crippen LogP contribution in [0.25, 0.3) is 0 Å². The maximum Gasteiger partial charge on any atom is 0.256 e. The number of ether oxygens (including phenoxy) is 1. The summed E-state index contributed by atoms with van der Waals surface area (Å²) in [5.41, 5.74) is 3.56. The van der Waals surface area contributed by atoms with Crippen LogP contribution in [0.2, 0.25) is 0 Å². The molecule has 2 aliphatic heterocycles. The number of carbonyl (C=O) groups is 3. The normalized spacial score (nSPS) is 17.8. The van der Waals surface area contributed by atoms with Gasteiger partial charge in [0, 0.05) is 12.1 Å². The molecule has 0 spiro atoms. The summed E-state index contributed by atoms with van der Waals surface area (Å²) in [7, 11) is 1.61. The van der Waals surface area contributed by atoms with E-state index in [4.69, 9.17) is 4.74 Å². The summed E-state index contributed by atoms with van der Waals surface area (Å²) in [6.45, 7) is 2.86. The number of amides is 3. The topological polar surface area (TPSA) is 79.0 Å². The molecule has 3 aromatic carbocycles. The third kappa shape index (κ3) is 4.44. The standard InChI is InChI=1S/C29H29N3O4/c1-19(22-7-5-8-23(17-22)36-2)30-27(33)21-14-12-20(13-15-21)18-32-25-10-4-3-9-24(25)28(34)31-16-6-11-26(31)29(32)35/h3-5,7-10,12-15,17,19,26H,6,11,16,18H2,1-2H3,(H,30,33). The van der Waals surface area contributed by atoms with Crippen molar-refractivity contribution in [3.8, 4) is 5.75 Å². The van der Waals surface area contributed by atoms with E-state index in [9.17, 15) is 14.4 Å². The van der Waals surface area contributed by atoms with Gasteiger partial charge in [-0.05, 0) is 67.3 Å². The van der Waals surface area contributed by atoms with Crippen molar-refractivity contribution in [3.05, 3.63) is 95.1 Å². The summed E-state index contributed by atoms with van der Waals surface area (Å²) in [5, 5.41) is 3.02. The predicted molar refractivity (Wildman–Crippen MR) is 137 cm³/mol. The van der Waals surface area contributed by atoms with Crippen molar-refractivity contribution in [1.29, 1.82) is 0 Å². The van der Waals surface area contributed by atoms with E-state index in [1.807, 2.05) is 61.5 Å². The van der Waals surface area contributed by atoms with Crippen LogP contribution >= 0.6 is 0 Å². The molecule has 0 radical (unpaired) electrons. The molecular formula is C29H29N3O4. The molecule has 36 heavy (non-hydrogen) atoms. The van der Waals surface area contributed by atoms with Gasteiger partial charge in [-0.2, -0.15) is 0 Å². The SMILES string of the molecule is COc1cccc(C(C)NC(=O)c2ccc(CN3C(=O)C4CCCN4C(=O)c4ccccc43)cc2)c1. The molecule has 5 rings (SSSR count). The van der Waals surface area contributed by atoms with Crippen LogP contribution in [0, 0.1) is 0 Å². The van der Waals surface area contributed by atoms with E-state index in [2.05, 4.69) is 5.32 Å². The number of para-hydroxylation sites is 1. The average molecular weight is 484 g/mol. The fourth-order valence-corrected chi connectivity index (χ4v) is 4.99. The van der Waals surface area contributed by atoms with Crippen LogP contribution in [0.1, 0.15) is 57.7 Å². The predicted octanol–water partition coefficient (Wildman–Crippen LogP) is 4.34. The van der Waals surface area contributed by atoms with Gasteiger partial charge in [-0.3, -0.25) is 14.4 Å². The van der Waals surface area contributed by atoms with Crippen molar-refractivity contribution in [1.82, 2.24) is 10.2 Å². The molecule has 2 heterocycles. The van der Waals surface area contributed by atoms with Crippen LogP contribution in [-0.2, 0) is 11.3 Å². The zero-order valence-electron chi connectivity index (χ0n) is 20.4. The van der Waals surface area contributed by atoms with Gasteiger partial charge >= 0.3 is 0 Å². The zero-order valence-corrected chi connectivity index (χ0v) is 20.4. The molecule has 1 fully saturated rings. The Balaban J connectivity index is 1.33. The number of rotatable bonds is 6. The Hall–Kier alpha value is -4.13. The van der Waals surface area contributed by atoms with Crippen molar-refractivity contribution in [2.45, 2.75) is 38.4 Å². The van der Waals surface area contributed by atoms with Crippen LogP contribution in [-0.4, -0.2) is 42.3 Å². The van der Waals surface area contributed by atoms with E-state index in [1.165, 1.54) is 0 Å². The first-order chi connectivity index (χ1) is 17.5. The second-order valence-electron chi connectivity index (χ2n) is 9.27. The van der Waals surface area contributed by atoms with Crippen LogP contribution in [0.3, 0.4) is 0 Å². The molecule has 2 atom stereocenters. The maximum atomic E-state index is 13.5. The number of benzene rings is 3. The minimum Gasteiger partial charge on any atom is -0.497 e. The Labute approximate surface area is 210 Å². The lowest BCUT2D eigenvalue weighted by atomic mass is 10.1. The summed E-state index contributed by atoms with van der Waals surface area (Å²) >= 11 is 0. The quantitative estimate of drug-likeness (QED) is 0.566. The molecule has 184 valence electrons. The Bertz CT molecular complexity index is 1300. The minimum atomic E-state index is -0.423. The third-order valence-corrected chi connectivity index (χ3v) is 6.99. The first-order valence-electron chi connectivity index (χ1n) is 12.2. The Kier molecular flexibility index (Phi) is 6.46. The lowest BCUT2D eigenvalue weighted by molar-refractivity contribution is -0.122. The second kappa shape index (κ2) is 9.85. The highest BCUT2D eigenvalue weighted by Crippen LogP contribution is 2.33. The molecule has 0 aromatic heterocycles. The van der Waals surface area contributed by atoms with Gasteiger partial charge in [0.1, 0.15) is 11.8 Å². The van der Waals surface area contributed by atoms with Crippen molar-refractivity contribution >= 4 is 23.4 Å². The second-order valence-corrected chi connectivity index (χ2v) is 9.27. The Morgan fingerprint density at radius 1 is 1.06 bits per heavy atom. The highest BCUT2D eigenvalue weighted by Gasteiger charge is 2.41.